The number of thiazole rings is 1. The van der Waals surface area contributed by atoms with Gasteiger partial charge in [0.15, 0.2) is 0 Å². The largest absolute Gasteiger partial charge is 0.398 e. The maximum Gasteiger partial charge on any atom is 0.141 e. The summed E-state index contributed by atoms with van der Waals surface area (Å²) >= 11 is 7.74. The van der Waals surface area contributed by atoms with Gasteiger partial charge in [0, 0.05) is 29.7 Å². The van der Waals surface area contributed by atoms with Gasteiger partial charge >= 0.3 is 0 Å². The van der Waals surface area contributed by atoms with Crippen molar-refractivity contribution in [3.8, 4) is 28.2 Å². The van der Waals surface area contributed by atoms with Gasteiger partial charge in [0.1, 0.15) is 33.8 Å². The van der Waals surface area contributed by atoms with E-state index in [4.69, 9.17) is 17.3 Å². The number of aliphatic hydroxyl groups excluding tert-OH is 1. The van der Waals surface area contributed by atoms with Gasteiger partial charge in [0.25, 0.3) is 0 Å². The minimum atomic E-state index is -0.383. The first-order valence-electron chi connectivity index (χ1n) is 8.26. The molecule has 9 heteroatoms. The third-order valence-corrected chi connectivity index (χ3v) is 5.33. The first kappa shape index (κ1) is 17.7. The predicted octanol–water partition coefficient (Wildman–Crippen LogP) is 2.95. The Hall–Kier alpha value is -2.73. The fourth-order valence-electron chi connectivity index (χ4n) is 3.04. The highest BCUT2D eigenvalue weighted by atomic mass is 35.5. The molecule has 0 saturated carbocycles. The summed E-state index contributed by atoms with van der Waals surface area (Å²) in [5, 5.41) is 22.4. The van der Waals surface area contributed by atoms with Gasteiger partial charge in [-0.15, -0.1) is 11.3 Å². The molecule has 0 bridgehead atoms. The van der Waals surface area contributed by atoms with Crippen LogP contribution in [0.4, 0.5) is 11.5 Å². The summed E-state index contributed by atoms with van der Waals surface area (Å²) in [6, 6.07) is 7.15. The van der Waals surface area contributed by atoms with Gasteiger partial charge in [-0.05, 0) is 24.6 Å². The van der Waals surface area contributed by atoms with E-state index in [2.05, 4.69) is 21.0 Å². The van der Waals surface area contributed by atoms with Crippen LogP contribution in [0.25, 0.3) is 22.1 Å². The Morgan fingerprint density at radius 2 is 2.15 bits per heavy atom. The first-order valence-corrected chi connectivity index (χ1v) is 9.52. The van der Waals surface area contributed by atoms with Crippen molar-refractivity contribution in [1.29, 1.82) is 5.26 Å². The van der Waals surface area contributed by atoms with Crippen LogP contribution in [0.1, 0.15) is 12.0 Å². The molecule has 1 saturated heterocycles. The standard InChI is InChI=1S/C18H15ClN6OS/c19-10-5-14(23-16(6-10)25-3-1-11(26)9-25)17-12(8-20)13(21)7-15(24-17)18-22-2-4-27-18/h2,4-7,11,26H,1,3,9H2,(H2,21,24)/t11-/m1/s1. The number of aliphatic hydroxyl groups is 1. The molecule has 0 amide bonds. The van der Waals surface area contributed by atoms with Crippen LogP contribution >= 0.6 is 22.9 Å². The Kier molecular flexibility index (Phi) is 4.66. The van der Waals surface area contributed by atoms with E-state index in [1.54, 1.807) is 24.4 Å². The number of pyridine rings is 2. The van der Waals surface area contributed by atoms with Gasteiger partial charge in [-0.2, -0.15) is 5.26 Å². The van der Waals surface area contributed by atoms with E-state index >= 15 is 0 Å². The number of nitrogen functional groups attached to an aromatic ring is 1. The monoisotopic (exact) mass is 398 g/mol. The normalized spacial score (nSPS) is 16.5. The number of nitrogens with zero attached hydrogens (tertiary/aromatic N) is 5. The van der Waals surface area contributed by atoms with E-state index in [9.17, 15) is 10.4 Å². The minimum absolute atomic E-state index is 0.248. The zero-order chi connectivity index (χ0) is 19.0. The second-order valence-electron chi connectivity index (χ2n) is 6.19. The van der Waals surface area contributed by atoms with E-state index in [0.717, 1.165) is 0 Å². The second-order valence-corrected chi connectivity index (χ2v) is 7.52. The van der Waals surface area contributed by atoms with Crippen LogP contribution in [0.3, 0.4) is 0 Å². The van der Waals surface area contributed by atoms with Gasteiger partial charge < -0.3 is 15.7 Å². The number of rotatable bonds is 3. The van der Waals surface area contributed by atoms with Crippen LogP contribution in [0.5, 0.6) is 0 Å². The van der Waals surface area contributed by atoms with Crippen molar-refractivity contribution < 1.29 is 5.11 Å². The average molecular weight is 399 g/mol. The van der Waals surface area contributed by atoms with E-state index < -0.39 is 0 Å². The molecule has 0 aromatic carbocycles. The number of aromatic nitrogens is 3. The van der Waals surface area contributed by atoms with Crippen LogP contribution < -0.4 is 10.6 Å². The topological polar surface area (TPSA) is 112 Å². The van der Waals surface area contributed by atoms with Gasteiger partial charge in [0.2, 0.25) is 0 Å². The Labute approximate surface area is 164 Å². The first-order chi connectivity index (χ1) is 13.0. The van der Waals surface area contributed by atoms with Crippen LogP contribution in [0.15, 0.2) is 29.8 Å². The van der Waals surface area contributed by atoms with Crippen molar-refractivity contribution in [1.82, 2.24) is 15.0 Å². The lowest BCUT2D eigenvalue weighted by Gasteiger charge is -2.18. The van der Waals surface area contributed by atoms with Gasteiger partial charge in [-0.1, -0.05) is 11.6 Å². The number of hydrogen-bond donors (Lipinski definition) is 2. The molecule has 0 unspecified atom stereocenters. The van der Waals surface area contributed by atoms with Crippen molar-refractivity contribution in [2.75, 3.05) is 23.7 Å². The third kappa shape index (κ3) is 3.45. The van der Waals surface area contributed by atoms with Crippen LogP contribution in [-0.4, -0.2) is 39.3 Å². The highest BCUT2D eigenvalue weighted by molar-refractivity contribution is 7.13. The fraction of sp³-hybridized carbons (Fsp3) is 0.222. The second kappa shape index (κ2) is 7.12. The van der Waals surface area contributed by atoms with Crippen LogP contribution in [0, 0.1) is 11.3 Å². The third-order valence-electron chi connectivity index (χ3n) is 4.32. The number of halogens is 1. The number of nitriles is 1. The summed E-state index contributed by atoms with van der Waals surface area (Å²) in [6.07, 6.45) is 1.98. The molecule has 4 heterocycles. The molecule has 3 N–H and O–H groups in total. The van der Waals surface area contributed by atoms with Crippen molar-refractivity contribution >= 4 is 34.4 Å². The molecule has 4 rings (SSSR count). The quantitative estimate of drug-likeness (QED) is 0.697. The summed E-state index contributed by atoms with van der Waals surface area (Å²) < 4.78 is 0. The zero-order valence-electron chi connectivity index (χ0n) is 14.1. The van der Waals surface area contributed by atoms with Crippen molar-refractivity contribution in [3.05, 3.63) is 40.4 Å². The Balaban J connectivity index is 1.85. The minimum Gasteiger partial charge on any atom is -0.398 e. The van der Waals surface area contributed by atoms with Crippen molar-refractivity contribution in [2.24, 2.45) is 0 Å². The molecule has 1 atom stereocenters. The summed E-state index contributed by atoms with van der Waals surface area (Å²) in [4.78, 5) is 15.5. The fourth-order valence-corrected chi connectivity index (χ4v) is 3.84. The molecule has 7 nitrogen and oxygen atoms in total. The Bertz CT molecular complexity index is 1030. The van der Waals surface area contributed by atoms with E-state index in [-0.39, 0.29) is 11.7 Å². The van der Waals surface area contributed by atoms with E-state index in [1.807, 2.05) is 10.3 Å². The van der Waals surface area contributed by atoms with Gasteiger partial charge in [0.05, 0.1) is 17.5 Å². The molecule has 3 aromatic heterocycles. The Morgan fingerprint density at radius 1 is 1.30 bits per heavy atom. The van der Waals surface area contributed by atoms with Crippen molar-refractivity contribution in [2.45, 2.75) is 12.5 Å². The number of anilines is 2. The molecule has 136 valence electrons. The van der Waals surface area contributed by atoms with Gasteiger partial charge in [-0.3, -0.25) is 0 Å². The molecule has 0 spiro atoms. The SMILES string of the molecule is N#Cc1c(N)cc(-c2nccs2)nc1-c1cc(Cl)cc(N2CC[C@@H](O)C2)n1. The molecule has 1 fully saturated rings. The van der Waals surface area contributed by atoms with Crippen LogP contribution in [-0.2, 0) is 0 Å². The maximum atomic E-state index is 9.80. The molecule has 1 aliphatic heterocycles. The molecule has 27 heavy (non-hydrogen) atoms. The zero-order valence-corrected chi connectivity index (χ0v) is 15.7. The molecule has 0 aliphatic carbocycles. The lowest BCUT2D eigenvalue weighted by atomic mass is 10.1. The number of β-amino-alcohol motifs (C(OH)–C–C–N with tert-alkyl or cyclic N) is 1. The lowest BCUT2D eigenvalue weighted by molar-refractivity contribution is 0.198. The van der Waals surface area contributed by atoms with Gasteiger partial charge in [-0.25, -0.2) is 15.0 Å². The highest BCUT2D eigenvalue weighted by Gasteiger charge is 2.23. The summed E-state index contributed by atoms with van der Waals surface area (Å²) in [5.74, 6) is 0.637. The molecule has 1 aliphatic rings. The van der Waals surface area contributed by atoms with Crippen molar-refractivity contribution in [3.63, 3.8) is 0 Å². The number of nitrogens with two attached hydrogens (primary N) is 1. The molecule has 3 aromatic rings. The molecular formula is C18H15ClN6OS. The highest BCUT2D eigenvalue weighted by Crippen LogP contribution is 2.33. The predicted molar refractivity (Wildman–Crippen MR) is 106 cm³/mol. The summed E-state index contributed by atoms with van der Waals surface area (Å²) in [7, 11) is 0. The average Bonchev–Trinajstić information content (AvgIpc) is 3.32. The maximum absolute atomic E-state index is 9.80. The summed E-state index contributed by atoms with van der Waals surface area (Å²) in [5.41, 5.74) is 8.07. The summed E-state index contributed by atoms with van der Waals surface area (Å²) in [6.45, 7) is 1.18. The lowest BCUT2D eigenvalue weighted by Crippen LogP contribution is -2.22. The smallest absolute Gasteiger partial charge is 0.141 e. The molecular weight excluding hydrogens is 384 g/mol. The van der Waals surface area contributed by atoms with Crippen LogP contribution in [0.2, 0.25) is 5.02 Å². The van der Waals surface area contributed by atoms with E-state index in [1.165, 1.54) is 11.3 Å². The number of hydrogen-bond acceptors (Lipinski definition) is 8. The molecule has 0 radical (unpaired) electrons. The Morgan fingerprint density at radius 3 is 2.81 bits per heavy atom. The van der Waals surface area contributed by atoms with E-state index in [0.29, 0.717) is 58.1 Å².